The number of hydrogen-bond donors (Lipinski definition) is 0. The summed E-state index contributed by atoms with van der Waals surface area (Å²) in [6.45, 7) is 10.4. The van der Waals surface area contributed by atoms with Crippen LogP contribution in [0.2, 0.25) is 0 Å². The van der Waals surface area contributed by atoms with Crippen molar-refractivity contribution >= 4 is 23.3 Å². The van der Waals surface area contributed by atoms with Gasteiger partial charge in [0, 0.05) is 18.8 Å². The van der Waals surface area contributed by atoms with Gasteiger partial charge in [0.15, 0.2) is 5.69 Å². The number of carbonyl (C=O) groups excluding carboxylic acids is 2. The fraction of sp³-hybridized carbons (Fsp3) is 0.400. The zero-order valence-electron chi connectivity index (χ0n) is 11.9. The Hall–Kier alpha value is -2.55. The number of esters is 1. The van der Waals surface area contributed by atoms with E-state index in [1.54, 1.807) is 19.1 Å². The first-order valence-electron chi connectivity index (χ1n) is 6.80. The van der Waals surface area contributed by atoms with Gasteiger partial charge in [0.25, 0.3) is 0 Å². The van der Waals surface area contributed by atoms with Gasteiger partial charge in [-0.2, -0.15) is 0 Å². The number of anilines is 1. The van der Waals surface area contributed by atoms with Crippen LogP contribution >= 0.6 is 0 Å². The van der Waals surface area contributed by atoms with Crippen LogP contribution in [0.1, 0.15) is 6.92 Å². The molecule has 0 radical (unpaired) electrons. The van der Waals surface area contributed by atoms with Gasteiger partial charge in [0.1, 0.15) is 6.54 Å². The maximum absolute atomic E-state index is 12.1. The second-order valence-corrected chi connectivity index (χ2v) is 4.67. The molecule has 6 nitrogen and oxygen atoms in total. The van der Waals surface area contributed by atoms with Crippen molar-refractivity contribution in [2.45, 2.75) is 6.92 Å². The van der Waals surface area contributed by atoms with Gasteiger partial charge in [-0.1, -0.05) is 12.1 Å². The molecule has 21 heavy (non-hydrogen) atoms. The molecule has 0 N–H and O–H groups in total. The average Bonchev–Trinajstić information content (AvgIpc) is 2.50. The van der Waals surface area contributed by atoms with Crippen LogP contribution in [0.3, 0.4) is 0 Å². The molecule has 0 aliphatic carbocycles. The van der Waals surface area contributed by atoms with Gasteiger partial charge in [0.2, 0.25) is 5.91 Å². The monoisotopic (exact) mass is 287 g/mol. The van der Waals surface area contributed by atoms with Crippen molar-refractivity contribution in [3.05, 3.63) is 35.7 Å². The lowest BCUT2D eigenvalue weighted by Crippen LogP contribution is -2.52. The maximum Gasteiger partial charge on any atom is 0.325 e. The second-order valence-electron chi connectivity index (χ2n) is 4.67. The fourth-order valence-corrected chi connectivity index (χ4v) is 2.20. The van der Waals surface area contributed by atoms with Crippen molar-refractivity contribution in [3.8, 4) is 0 Å². The number of nitrogens with zero attached hydrogens (tertiary/aromatic N) is 3. The van der Waals surface area contributed by atoms with Crippen molar-refractivity contribution < 1.29 is 14.3 Å². The third-order valence-electron chi connectivity index (χ3n) is 3.29. The molecule has 110 valence electrons. The summed E-state index contributed by atoms with van der Waals surface area (Å²) in [5, 5.41) is 0. The first-order chi connectivity index (χ1) is 10.1. The fourth-order valence-electron chi connectivity index (χ4n) is 2.20. The third-order valence-corrected chi connectivity index (χ3v) is 3.29. The molecule has 0 aromatic heterocycles. The van der Waals surface area contributed by atoms with Crippen LogP contribution in [-0.4, -0.2) is 49.6 Å². The van der Waals surface area contributed by atoms with Gasteiger partial charge in [-0.25, -0.2) is 4.85 Å². The zero-order valence-corrected chi connectivity index (χ0v) is 11.9. The van der Waals surface area contributed by atoms with E-state index in [2.05, 4.69) is 4.85 Å². The van der Waals surface area contributed by atoms with Crippen LogP contribution in [0.5, 0.6) is 0 Å². The minimum atomic E-state index is -0.374. The van der Waals surface area contributed by atoms with Crippen LogP contribution in [-0.2, 0) is 14.3 Å². The number of hydrogen-bond acceptors (Lipinski definition) is 4. The lowest BCUT2D eigenvalue weighted by molar-refractivity contribution is -0.149. The molecule has 1 amide bonds. The molecule has 1 aliphatic rings. The summed E-state index contributed by atoms with van der Waals surface area (Å²) < 4.78 is 4.86. The van der Waals surface area contributed by atoms with Gasteiger partial charge in [-0.3, -0.25) is 9.59 Å². The Kier molecular flexibility index (Phi) is 4.77. The summed E-state index contributed by atoms with van der Waals surface area (Å²) in [6.07, 6.45) is 0. The topological polar surface area (TPSA) is 54.2 Å². The molecular weight excluding hydrogens is 270 g/mol. The van der Waals surface area contributed by atoms with Crippen LogP contribution in [0.25, 0.3) is 4.85 Å². The number of carbonyl (C=O) groups is 2. The Morgan fingerprint density at radius 3 is 2.62 bits per heavy atom. The Bertz CT molecular complexity index is 563. The molecule has 2 rings (SSSR count). The summed E-state index contributed by atoms with van der Waals surface area (Å²) in [7, 11) is 0. The largest absolute Gasteiger partial charge is 0.465 e. The molecule has 1 aliphatic heterocycles. The highest BCUT2D eigenvalue weighted by Crippen LogP contribution is 2.21. The van der Waals surface area contributed by atoms with E-state index in [0.29, 0.717) is 25.4 Å². The normalized spacial score (nSPS) is 14.8. The molecule has 1 saturated heterocycles. The van der Waals surface area contributed by atoms with E-state index in [1.807, 2.05) is 17.0 Å². The first kappa shape index (κ1) is 14.9. The van der Waals surface area contributed by atoms with Crippen molar-refractivity contribution in [3.63, 3.8) is 0 Å². The van der Waals surface area contributed by atoms with Crippen molar-refractivity contribution in [2.24, 2.45) is 0 Å². The third kappa shape index (κ3) is 3.72. The molecule has 0 unspecified atom stereocenters. The SMILES string of the molecule is [C-]#[N+]c1ccc(N2CCN(CC(=O)OCC)C(=O)C2)cc1. The van der Waals surface area contributed by atoms with Crippen LogP contribution < -0.4 is 4.90 Å². The second kappa shape index (κ2) is 6.75. The van der Waals surface area contributed by atoms with Crippen molar-refractivity contribution in [1.82, 2.24) is 4.90 Å². The van der Waals surface area contributed by atoms with E-state index in [9.17, 15) is 9.59 Å². The van der Waals surface area contributed by atoms with Crippen LogP contribution in [0.4, 0.5) is 11.4 Å². The lowest BCUT2D eigenvalue weighted by Gasteiger charge is -2.35. The summed E-state index contributed by atoms with van der Waals surface area (Å²) in [5.41, 5.74) is 1.48. The van der Waals surface area contributed by atoms with Gasteiger partial charge >= 0.3 is 5.97 Å². The highest BCUT2D eigenvalue weighted by Gasteiger charge is 2.25. The minimum absolute atomic E-state index is 0.0111. The molecule has 1 heterocycles. The summed E-state index contributed by atoms with van der Waals surface area (Å²) in [4.78, 5) is 30.3. The molecule has 6 heteroatoms. The molecule has 1 aromatic carbocycles. The number of piperazine rings is 1. The summed E-state index contributed by atoms with van der Waals surface area (Å²) in [5.74, 6) is -0.468. The summed E-state index contributed by atoms with van der Waals surface area (Å²) >= 11 is 0. The van der Waals surface area contributed by atoms with Crippen LogP contribution in [0.15, 0.2) is 24.3 Å². The molecule has 1 aromatic rings. The number of benzene rings is 1. The highest BCUT2D eigenvalue weighted by molar-refractivity contribution is 5.86. The first-order valence-corrected chi connectivity index (χ1v) is 6.80. The molecule has 0 bridgehead atoms. The standard InChI is InChI=1S/C15H17N3O3/c1-3-21-15(20)11-18-9-8-17(10-14(18)19)13-6-4-12(16-2)5-7-13/h4-7H,3,8-11H2,1H3. The number of ether oxygens (including phenoxy) is 1. The van der Waals surface area contributed by atoms with E-state index in [1.165, 1.54) is 4.90 Å². The average molecular weight is 287 g/mol. The predicted octanol–water partition coefficient (Wildman–Crippen LogP) is 1.45. The smallest absolute Gasteiger partial charge is 0.325 e. The Morgan fingerprint density at radius 2 is 2.05 bits per heavy atom. The van der Waals surface area contributed by atoms with E-state index in [-0.39, 0.29) is 25.0 Å². The molecule has 0 spiro atoms. The Balaban J connectivity index is 1.95. The quantitative estimate of drug-likeness (QED) is 0.621. The molecular formula is C15H17N3O3. The van der Waals surface area contributed by atoms with Gasteiger partial charge in [-0.15, -0.1) is 0 Å². The highest BCUT2D eigenvalue weighted by atomic mass is 16.5. The van der Waals surface area contributed by atoms with E-state index >= 15 is 0 Å². The zero-order chi connectivity index (χ0) is 15.2. The van der Waals surface area contributed by atoms with E-state index in [0.717, 1.165) is 5.69 Å². The Morgan fingerprint density at radius 1 is 1.33 bits per heavy atom. The Labute approximate surface area is 123 Å². The lowest BCUT2D eigenvalue weighted by atomic mass is 10.2. The van der Waals surface area contributed by atoms with E-state index in [4.69, 9.17) is 11.3 Å². The van der Waals surface area contributed by atoms with Crippen molar-refractivity contribution in [2.75, 3.05) is 37.7 Å². The number of amides is 1. The maximum atomic E-state index is 12.1. The van der Waals surface area contributed by atoms with Gasteiger partial charge < -0.3 is 14.5 Å². The minimum Gasteiger partial charge on any atom is -0.465 e. The van der Waals surface area contributed by atoms with Gasteiger partial charge in [0.05, 0.1) is 19.7 Å². The summed E-state index contributed by atoms with van der Waals surface area (Å²) in [6, 6.07) is 7.14. The van der Waals surface area contributed by atoms with Crippen molar-refractivity contribution in [1.29, 1.82) is 0 Å². The van der Waals surface area contributed by atoms with Crippen LogP contribution in [0, 0.1) is 6.57 Å². The molecule has 1 fully saturated rings. The van der Waals surface area contributed by atoms with Gasteiger partial charge in [-0.05, 0) is 19.1 Å². The van der Waals surface area contributed by atoms with E-state index < -0.39 is 0 Å². The molecule has 0 saturated carbocycles. The number of rotatable bonds is 4. The predicted molar refractivity (Wildman–Crippen MR) is 78.1 cm³/mol. The molecule has 0 atom stereocenters.